The first-order valence-electron chi connectivity index (χ1n) is 10.2. The molecular weight excluding hydrogens is 533 g/mol. The first-order valence-corrected chi connectivity index (χ1v) is 12.5. The van der Waals surface area contributed by atoms with Crippen molar-refractivity contribution in [3.63, 3.8) is 0 Å². The average molecular weight is 557 g/mol. The summed E-state index contributed by atoms with van der Waals surface area (Å²) >= 11 is 3.40. The topological polar surface area (TPSA) is 58.6 Å². The molecule has 0 spiro atoms. The molecule has 0 aromatic heterocycles. The van der Waals surface area contributed by atoms with Crippen LogP contribution in [-0.2, 0) is 22.7 Å². The number of hydrogen-bond donors (Lipinski definition) is 1. The second-order valence-electron chi connectivity index (χ2n) is 7.74. The van der Waals surface area contributed by atoms with E-state index in [0.29, 0.717) is 21.5 Å². The molecule has 5 nitrogen and oxygen atoms in total. The second kappa shape index (κ2) is 10.4. The van der Waals surface area contributed by atoms with E-state index in [9.17, 15) is 21.6 Å². The fraction of sp³-hybridized carbons (Fsp3) is 0.250. The molecule has 10 heteroatoms. The fourth-order valence-electron chi connectivity index (χ4n) is 3.30. The van der Waals surface area contributed by atoms with E-state index in [1.807, 2.05) is 6.92 Å². The van der Waals surface area contributed by atoms with Crippen molar-refractivity contribution in [2.45, 2.75) is 30.6 Å². The minimum Gasteiger partial charge on any atom is -0.497 e. The zero-order valence-electron chi connectivity index (χ0n) is 18.7. The molecule has 3 aromatic carbocycles. The van der Waals surface area contributed by atoms with Gasteiger partial charge in [-0.3, -0.25) is 0 Å². The van der Waals surface area contributed by atoms with Gasteiger partial charge < -0.3 is 10.1 Å². The monoisotopic (exact) mass is 556 g/mol. The maximum Gasteiger partial charge on any atom is 0.416 e. The molecule has 182 valence electrons. The molecule has 0 heterocycles. The quantitative estimate of drug-likeness (QED) is 0.345. The number of benzene rings is 3. The Balaban J connectivity index is 1.72. The van der Waals surface area contributed by atoms with E-state index in [0.717, 1.165) is 17.7 Å². The predicted octanol–water partition coefficient (Wildman–Crippen LogP) is 6.47. The SMILES string of the molecule is COc1ccc(CN(C)S(=O)(=O)c2ccc(N[C@@H](C)c3ccc(C(F)(F)F)cc3)c(Br)c2)cc1. The number of halogens is 4. The van der Waals surface area contributed by atoms with E-state index in [1.54, 1.807) is 37.4 Å². The zero-order valence-corrected chi connectivity index (χ0v) is 21.1. The van der Waals surface area contributed by atoms with Crippen molar-refractivity contribution in [2.75, 3.05) is 19.5 Å². The van der Waals surface area contributed by atoms with Gasteiger partial charge in [-0.1, -0.05) is 24.3 Å². The van der Waals surface area contributed by atoms with Crippen LogP contribution in [0.25, 0.3) is 0 Å². The molecule has 0 aliphatic rings. The van der Waals surface area contributed by atoms with Gasteiger partial charge in [0.1, 0.15) is 5.75 Å². The number of rotatable bonds is 8. The number of anilines is 1. The molecule has 1 N–H and O–H groups in total. The third kappa shape index (κ3) is 6.11. The summed E-state index contributed by atoms with van der Waals surface area (Å²) in [7, 11) is -0.686. The lowest BCUT2D eigenvalue weighted by molar-refractivity contribution is -0.137. The average Bonchev–Trinajstić information content (AvgIpc) is 2.80. The fourth-order valence-corrected chi connectivity index (χ4v) is 5.13. The van der Waals surface area contributed by atoms with Crippen molar-refractivity contribution < 1.29 is 26.3 Å². The highest BCUT2D eigenvalue weighted by Crippen LogP contribution is 2.32. The summed E-state index contributed by atoms with van der Waals surface area (Å²) in [6, 6.07) is 16.4. The molecule has 0 aliphatic carbocycles. The van der Waals surface area contributed by atoms with Crippen molar-refractivity contribution >= 4 is 31.6 Å². The molecule has 0 saturated carbocycles. The summed E-state index contributed by atoms with van der Waals surface area (Å²) in [4.78, 5) is 0.114. The van der Waals surface area contributed by atoms with Crippen molar-refractivity contribution in [2.24, 2.45) is 0 Å². The van der Waals surface area contributed by atoms with Crippen molar-refractivity contribution in [3.8, 4) is 5.75 Å². The summed E-state index contributed by atoms with van der Waals surface area (Å²) < 4.78 is 71.3. The van der Waals surface area contributed by atoms with Crippen LogP contribution in [0.2, 0.25) is 0 Å². The number of nitrogens with one attached hydrogen (secondary N) is 1. The number of alkyl halides is 3. The highest BCUT2D eigenvalue weighted by molar-refractivity contribution is 9.10. The van der Waals surface area contributed by atoms with Gasteiger partial charge in [-0.25, -0.2) is 8.42 Å². The van der Waals surface area contributed by atoms with E-state index in [2.05, 4.69) is 21.2 Å². The molecule has 3 rings (SSSR count). The van der Waals surface area contributed by atoms with E-state index in [-0.39, 0.29) is 17.5 Å². The van der Waals surface area contributed by atoms with Gasteiger partial charge in [0.2, 0.25) is 10.0 Å². The lowest BCUT2D eigenvalue weighted by Gasteiger charge is -2.20. The molecule has 0 saturated heterocycles. The Morgan fingerprint density at radius 2 is 1.65 bits per heavy atom. The first kappa shape index (κ1) is 26.1. The van der Waals surface area contributed by atoms with Crippen LogP contribution in [-0.4, -0.2) is 26.9 Å². The number of sulfonamides is 1. The number of methoxy groups -OCH3 is 1. The number of nitrogens with zero attached hydrogens (tertiary/aromatic N) is 1. The molecule has 1 atom stereocenters. The largest absolute Gasteiger partial charge is 0.497 e. The number of ether oxygens (including phenoxy) is 1. The van der Waals surface area contributed by atoms with E-state index in [1.165, 1.54) is 35.6 Å². The van der Waals surface area contributed by atoms with Gasteiger partial charge in [0.25, 0.3) is 0 Å². The highest BCUT2D eigenvalue weighted by Gasteiger charge is 2.30. The van der Waals surface area contributed by atoms with Gasteiger partial charge in [0.15, 0.2) is 0 Å². The number of hydrogen-bond acceptors (Lipinski definition) is 4. The minimum absolute atomic E-state index is 0.114. The standard InChI is InChI=1S/C24H24BrF3N2O3S/c1-16(18-6-8-19(9-7-18)24(26,27)28)29-23-13-12-21(14-22(23)25)34(31,32)30(2)15-17-4-10-20(33-3)11-5-17/h4-14,16,29H,15H2,1-3H3/t16-/m0/s1. The molecule has 0 bridgehead atoms. The summed E-state index contributed by atoms with van der Waals surface area (Å²) in [5, 5.41) is 3.19. The van der Waals surface area contributed by atoms with Crippen molar-refractivity contribution in [3.05, 3.63) is 87.9 Å². The third-order valence-corrected chi connectivity index (χ3v) is 7.78. The summed E-state index contributed by atoms with van der Waals surface area (Å²) in [6.45, 7) is 2.00. The third-order valence-electron chi connectivity index (χ3n) is 5.32. The maximum atomic E-state index is 13.0. The lowest BCUT2D eigenvalue weighted by atomic mass is 10.1. The van der Waals surface area contributed by atoms with Gasteiger partial charge in [-0.15, -0.1) is 0 Å². The minimum atomic E-state index is -4.39. The van der Waals surface area contributed by atoms with Crippen LogP contribution in [0.4, 0.5) is 18.9 Å². The molecule has 34 heavy (non-hydrogen) atoms. The summed E-state index contributed by atoms with van der Waals surface area (Å²) in [6.07, 6.45) is -4.39. The van der Waals surface area contributed by atoms with Crippen LogP contribution in [0.3, 0.4) is 0 Å². The highest BCUT2D eigenvalue weighted by atomic mass is 79.9. The molecule has 0 aliphatic heterocycles. The Kier molecular flexibility index (Phi) is 7.95. The Morgan fingerprint density at radius 1 is 1.03 bits per heavy atom. The van der Waals surface area contributed by atoms with Crippen LogP contribution in [0.15, 0.2) is 76.1 Å². The van der Waals surface area contributed by atoms with Crippen LogP contribution >= 0.6 is 15.9 Å². The van der Waals surface area contributed by atoms with E-state index in [4.69, 9.17) is 4.74 Å². The molecule has 0 fully saturated rings. The van der Waals surface area contributed by atoms with Crippen LogP contribution in [0.1, 0.15) is 29.7 Å². The normalized spacial score (nSPS) is 13.1. The van der Waals surface area contributed by atoms with Gasteiger partial charge in [-0.2, -0.15) is 17.5 Å². The Labute approximate surface area is 205 Å². The molecular formula is C24H24BrF3N2O3S. The van der Waals surface area contributed by atoms with Crippen molar-refractivity contribution in [1.82, 2.24) is 4.31 Å². The van der Waals surface area contributed by atoms with E-state index >= 15 is 0 Å². The van der Waals surface area contributed by atoms with Crippen LogP contribution < -0.4 is 10.1 Å². The smallest absolute Gasteiger partial charge is 0.416 e. The second-order valence-corrected chi connectivity index (χ2v) is 10.6. The van der Waals surface area contributed by atoms with Crippen molar-refractivity contribution in [1.29, 1.82) is 0 Å². The molecule has 0 radical (unpaired) electrons. The lowest BCUT2D eigenvalue weighted by Crippen LogP contribution is -2.26. The van der Waals surface area contributed by atoms with Crippen LogP contribution in [0, 0.1) is 0 Å². The molecule has 0 amide bonds. The van der Waals surface area contributed by atoms with Gasteiger partial charge in [0.05, 0.1) is 17.6 Å². The Bertz CT molecular complexity index is 1230. The predicted molar refractivity (Wildman–Crippen MR) is 129 cm³/mol. The van der Waals surface area contributed by atoms with Gasteiger partial charge in [-0.05, 0) is 76.4 Å². The van der Waals surface area contributed by atoms with Crippen LogP contribution in [0.5, 0.6) is 5.75 Å². The maximum absolute atomic E-state index is 13.0. The Hall–Kier alpha value is -2.56. The first-order chi connectivity index (χ1) is 15.9. The zero-order chi connectivity index (χ0) is 25.1. The van der Waals surface area contributed by atoms with E-state index < -0.39 is 21.8 Å². The summed E-state index contributed by atoms with van der Waals surface area (Å²) in [5.74, 6) is 0.687. The Morgan fingerprint density at radius 3 is 2.18 bits per heavy atom. The molecule has 3 aromatic rings. The van der Waals surface area contributed by atoms with Gasteiger partial charge >= 0.3 is 6.18 Å². The molecule has 0 unspecified atom stereocenters. The summed E-state index contributed by atoms with van der Waals surface area (Å²) in [5.41, 5.74) is 1.38. The van der Waals surface area contributed by atoms with Gasteiger partial charge in [0, 0.05) is 29.8 Å².